The van der Waals surface area contributed by atoms with Crippen LogP contribution in [0.1, 0.15) is 17.5 Å². The number of aromatic nitrogens is 1. The monoisotopic (exact) mass is 272 g/mol. The number of amides is 1. The van der Waals surface area contributed by atoms with Crippen molar-refractivity contribution >= 4 is 32.6 Å². The van der Waals surface area contributed by atoms with E-state index < -0.39 is 0 Å². The maximum atomic E-state index is 12.0. The topological polar surface area (TPSA) is 33.2 Å². The summed E-state index contributed by atoms with van der Waals surface area (Å²) < 4.78 is 1.15. The Hall–Kier alpha value is -1.68. The number of benzene rings is 1. The Bertz CT molecular complexity index is 635. The van der Waals surface area contributed by atoms with Gasteiger partial charge in [-0.25, -0.2) is 4.98 Å². The van der Waals surface area contributed by atoms with Crippen LogP contribution in [-0.4, -0.2) is 17.4 Å². The normalized spacial score (nSPS) is 19.4. The minimum Gasteiger partial charge on any atom is -0.287 e. The second-order valence-electron chi connectivity index (χ2n) is 5.10. The number of hydrogen-bond acceptors (Lipinski definition) is 3. The van der Waals surface area contributed by atoms with Crippen LogP contribution in [0.4, 0.5) is 5.13 Å². The lowest BCUT2D eigenvalue weighted by Gasteiger charge is -2.11. The van der Waals surface area contributed by atoms with E-state index >= 15 is 0 Å². The predicted molar refractivity (Wildman–Crippen MR) is 79.8 cm³/mol. The van der Waals surface area contributed by atoms with E-state index in [1.807, 2.05) is 6.08 Å². The van der Waals surface area contributed by atoms with Crippen molar-refractivity contribution in [1.29, 1.82) is 0 Å². The first-order valence-electron chi connectivity index (χ1n) is 6.39. The zero-order valence-corrected chi connectivity index (χ0v) is 12.0. The van der Waals surface area contributed by atoms with Gasteiger partial charge in [0.25, 0.3) is 0 Å². The van der Waals surface area contributed by atoms with Gasteiger partial charge in [0.05, 0.1) is 10.2 Å². The van der Waals surface area contributed by atoms with Gasteiger partial charge in [0.2, 0.25) is 5.91 Å². The van der Waals surface area contributed by atoms with Crippen LogP contribution in [0.5, 0.6) is 0 Å². The first-order valence-corrected chi connectivity index (χ1v) is 7.21. The average molecular weight is 272 g/mol. The van der Waals surface area contributed by atoms with Gasteiger partial charge in [-0.15, -0.1) is 6.58 Å². The highest BCUT2D eigenvalue weighted by molar-refractivity contribution is 7.22. The van der Waals surface area contributed by atoms with Gasteiger partial charge in [0, 0.05) is 18.9 Å². The molecule has 1 unspecified atom stereocenters. The number of thiazole rings is 1. The summed E-state index contributed by atoms with van der Waals surface area (Å²) in [6.07, 6.45) is 2.41. The Labute approximate surface area is 116 Å². The fraction of sp³-hybridized carbons (Fsp3) is 0.333. The van der Waals surface area contributed by atoms with E-state index in [9.17, 15) is 4.79 Å². The molecule has 0 N–H and O–H groups in total. The van der Waals surface area contributed by atoms with E-state index in [0.29, 0.717) is 13.0 Å². The summed E-state index contributed by atoms with van der Waals surface area (Å²) in [7, 11) is 0. The maximum Gasteiger partial charge on any atom is 0.229 e. The van der Waals surface area contributed by atoms with E-state index in [4.69, 9.17) is 0 Å². The largest absolute Gasteiger partial charge is 0.287 e. The summed E-state index contributed by atoms with van der Waals surface area (Å²) >= 11 is 1.59. The third-order valence-electron chi connectivity index (χ3n) is 3.71. The number of fused-ring (bicyclic) bond motifs is 1. The molecule has 4 heteroatoms. The first-order chi connectivity index (χ1) is 9.08. The number of carbonyl (C=O) groups is 1. The lowest BCUT2D eigenvalue weighted by atomic mass is 10.1. The first kappa shape index (κ1) is 12.4. The number of carbonyl (C=O) groups excluding carboxylic acids is 1. The van der Waals surface area contributed by atoms with Crippen LogP contribution in [0.3, 0.4) is 0 Å². The fourth-order valence-corrected chi connectivity index (χ4v) is 3.43. The van der Waals surface area contributed by atoms with Crippen molar-refractivity contribution in [3.05, 3.63) is 35.9 Å². The molecule has 1 atom stereocenters. The minimum atomic E-state index is 0.150. The Morgan fingerprint density at radius 1 is 1.42 bits per heavy atom. The number of hydrogen-bond donors (Lipinski definition) is 0. The van der Waals surface area contributed by atoms with E-state index in [0.717, 1.165) is 15.3 Å². The van der Waals surface area contributed by atoms with Crippen LogP contribution < -0.4 is 4.90 Å². The van der Waals surface area contributed by atoms with Crippen molar-refractivity contribution in [3.8, 4) is 0 Å². The minimum absolute atomic E-state index is 0.150. The predicted octanol–water partition coefficient (Wildman–Crippen LogP) is 3.45. The summed E-state index contributed by atoms with van der Waals surface area (Å²) in [6.45, 7) is 8.67. The lowest BCUT2D eigenvalue weighted by molar-refractivity contribution is -0.117. The van der Waals surface area contributed by atoms with Crippen LogP contribution >= 0.6 is 11.3 Å². The van der Waals surface area contributed by atoms with E-state index in [-0.39, 0.29) is 11.8 Å². The third kappa shape index (κ3) is 2.06. The molecular formula is C15H16N2OS. The van der Waals surface area contributed by atoms with Crippen LogP contribution in [-0.2, 0) is 4.79 Å². The Morgan fingerprint density at radius 3 is 2.84 bits per heavy atom. The lowest BCUT2D eigenvalue weighted by Crippen LogP contribution is -2.23. The molecule has 0 spiro atoms. The number of rotatable bonds is 2. The van der Waals surface area contributed by atoms with Gasteiger partial charge in [-0.1, -0.05) is 17.4 Å². The molecule has 2 aromatic rings. The van der Waals surface area contributed by atoms with E-state index in [2.05, 4.69) is 37.5 Å². The molecule has 1 aliphatic rings. The quantitative estimate of drug-likeness (QED) is 0.784. The third-order valence-corrected chi connectivity index (χ3v) is 4.75. The zero-order valence-electron chi connectivity index (χ0n) is 11.1. The molecule has 1 fully saturated rings. The van der Waals surface area contributed by atoms with Crippen LogP contribution in [0.2, 0.25) is 0 Å². The summed E-state index contributed by atoms with van der Waals surface area (Å²) in [5.41, 5.74) is 3.48. The van der Waals surface area contributed by atoms with Crippen molar-refractivity contribution in [2.45, 2.75) is 20.3 Å². The van der Waals surface area contributed by atoms with Crippen molar-refractivity contribution < 1.29 is 4.79 Å². The molecule has 1 saturated heterocycles. The Morgan fingerprint density at radius 2 is 2.16 bits per heavy atom. The highest BCUT2D eigenvalue weighted by Gasteiger charge is 2.30. The maximum absolute atomic E-state index is 12.0. The molecule has 0 radical (unpaired) electrons. The molecule has 2 heterocycles. The number of nitrogens with zero attached hydrogens (tertiary/aromatic N) is 2. The smallest absolute Gasteiger partial charge is 0.229 e. The molecule has 1 aromatic heterocycles. The second kappa shape index (κ2) is 4.46. The van der Waals surface area contributed by atoms with Gasteiger partial charge in [-0.3, -0.25) is 9.69 Å². The highest BCUT2D eigenvalue weighted by Crippen LogP contribution is 2.34. The molecular weight excluding hydrogens is 256 g/mol. The van der Waals surface area contributed by atoms with Crippen molar-refractivity contribution in [2.24, 2.45) is 5.92 Å². The molecule has 1 aliphatic heterocycles. The van der Waals surface area contributed by atoms with Crippen LogP contribution in [0.15, 0.2) is 24.8 Å². The zero-order chi connectivity index (χ0) is 13.6. The molecule has 0 saturated carbocycles. The fourth-order valence-electron chi connectivity index (χ4n) is 2.36. The van der Waals surface area contributed by atoms with Gasteiger partial charge in [-0.05, 0) is 37.1 Å². The molecule has 1 aromatic carbocycles. The molecule has 0 bridgehead atoms. The van der Waals surface area contributed by atoms with Crippen molar-refractivity contribution in [2.75, 3.05) is 11.4 Å². The highest BCUT2D eigenvalue weighted by atomic mass is 32.1. The summed E-state index contributed by atoms with van der Waals surface area (Å²) in [4.78, 5) is 18.4. The average Bonchev–Trinajstić information content (AvgIpc) is 2.93. The van der Waals surface area contributed by atoms with Gasteiger partial charge in [0.1, 0.15) is 0 Å². The standard InChI is InChI=1S/C15H16N2OS/c1-4-11-7-14(18)17(8-11)15-16-12-5-9(2)10(3)6-13(12)19-15/h4-6,11H,1,7-8H2,2-3H3. The molecule has 3 nitrogen and oxygen atoms in total. The van der Waals surface area contributed by atoms with Gasteiger partial charge in [0.15, 0.2) is 5.13 Å². The summed E-state index contributed by atoms with van der Waals surface area (Å²) in [6, 6.07) is 4.24. The second-order valence-corrected chi connectivity index (χ2v) is 6.11. The summed E-state index contributed by atoms with van der Waals surface area (Å²) in [5.74, 6) is 0.403. The number of aryl methyl sites for hydroxylation is 2. The van der Waals surface area contributed by atoms with E-state index in [1.54, 1.807) is 16.2 Å². The Kier molecular flexibility index (Phi) is 2.90. The van der Waals surface area contributed by atoms with Crippen molar-refractivity contribution in [3.63, 3.8) is 0 Å². The molecule has 98 valence electrons. The molecule has 19 heavy (non-hydrogen) atoms. The van der Waals surface area contributed by atoms with Crippen molar-refractivity contribution in [1.82, 2.24) is 4.98 Å². The molecule has 3 rings (SSSR count). The number of anilines is 1. The van der Waals surface area contributed by atoms with Crippen LogP contribution in [0.25, 0.3) is 10.2 Å². The Balaban J connectivity index is 2.02. The van der Waals surface area contributed by atoms with Gasteiger partial charge in [-0.2, -0.15) is 0 Å². The van der Waals surface area contributed by atoms with Crippen LogP contribution in [0, 0.1) is 19.8 Å². The van der Waals surface area contributed by atoms with E-state index in [1.165, 1.54) is 11.1 Å². The van der Waals surface area contributed by atoms with Gasteiger partial charge < -0.3 is 0 Å². The molecule has 0 aliphatic carbocycles. The SMILES string of the molecule is C=CC1CC(=O)N(c2nc3cc(C)c(C)cc3s2)C1. The molecule has 1 amide bonds. The summed E-state index contributed by atoms with van der Waals surface area (Å²) in [5, 5.41) is 0.814. The van der Waals surface area contributed by atoms with Gasteiger partial charge >= 0.3 is 0 Å².